The first-order chi connectivity index (χ1) is 11.2. The van der Waals surface area contributed by atoms with Gasteiger partial charge in [0.15, 0.2) is 5.11 Å². The maximum absolute atomic E-state index is 5.48. The highest BCUT2D eigenvalue weighted by atomic mass is 32.1. The second-order valence-electron chi connectivity index (χ2n) is 5.97. The molecular formula is C19H22N2OS. The van der Waals surface area contributed by atoms with Crippen LogP contribution in [0.2, 0.25) is 0 Å². The lowest BCUT2D eigenvalue weighted by Crippen LogP contribution is -2.34. The molecule has 0 bridgehead atoms. The van der Waals surface area contributed by atoms with Crippen molar-refractivity contribution in [3.63, 3.8) is 0 Å². The molecule has 0 spiro atoms. The van der Waals surface area contributed by atoms with Crippen molar-refractivity contribution in [3.8, 4) is 5.75 Å². The van der Waals surface area contributed by atoms with Gasteiger partial charge in [0.2, 0.25) is 0 Å². The molecule has 2 N–H and O–H groups in total. The second-order valence-corrected chi connectivity index (χ2v) is 6.38. The predicted molar refractivity (Wildman–Crippen MR) is 99.2 cm³/mol. The summed E-state index contributed by atoms with van der Waals surface area (Å²) in [6, 6.07) is 14.8. The van der Waals surface area contributed by atoms with Gasteiger partial charge in [-0.05, 0) is 73.8 Å². The SMILES string of the molecule is COc1ccc2c(c1)CCCC2NC(=S)Nc1ccc(C)cc1. The fraction of sp³-hybridized carbons (Fsp3) is 0.316. The van der Waals surface area contributed by atoms with Crippen LogP contribution in [-0.2, 0) is 6.42 Å². The molecule has 0 fully saturated rings. The van der Waals surface area contributed by atoms with E-state index in [1.807, 2.05) is 18.2 Å². The topological polar surface area (TPSA) is 33.3 Å². The number of thiocarbonyl (C=S) groups is 1. The summed E-state index contributed by atoms with van der Waals surface area (Å²) >= 11 is 5.48. The molecule has 0 saturated carbocycles. The number of methoxy groups -OCH3 is 1. The average Bonchev–Trinajstić information content (AvgIpc) is 2.56. The Kier molecular flexibility index (Phi) is 4.82. The van der Waals surface area contributed by atoms with E-state index < -0.39 is 0 Å². The minimum atomic E-state index is 0.259. The Balaban J connectivity index is 1.69. The van der Waals surface area contributed by atoms with Crippen LogP contribution in [0.1, 0.15) is 35.6 Å². The number of rotatable bonds is 3. The van der Waals surface area contributed by atoms with Gasteiger partial charge in [-0.25, -0.2) is 0 Å². The first-order valence-corrected chi connectivity index (χ1v) is 8.37. The third-order valence-corrected chi connectivity index (χ3v) is 4.50. The highest BCUT2D eigenvalue weighted by Gasteiger charge is 2.21. The fourth-order valence-electron chi connectivity index (χ4n) is 3.03. The Labute approximate surface area is 143 Å². The van der Waals surface area contributed by atoms with Crippen molar-refractivity contribution in [2.75, 3.05) is 12.4 Å². The zero-order valence-corrected chi connectivity index (χ0v) is 14.4. The van der Waals surface area contributed by atoms with Gasteiger partial charge in [-0.1, -0.05) is 23.8 Å². The molecule has 0 aliphatic heterocycles. The van der Waals surface area contributed by atoms with E-state index in [9.17, 15) is 0 Å². The molecular weight excluding hydrogens is 304 g/mol. The van der Waals surface area contributed by atoms with E-state index in [1.165, 1.54) is 16.7 Å². The van der Waals surface area contributed by atoms with Gasteiger partial charge in [0, 0.05) is 5.69 Å². The number of hydrogen-bond donors (Lipinski definition) is 2. The van der Waals surface area contributed by atoms with Crippen LogP contribution in [0.4, 0.5) is 5.69 Å². The van der Waals surface area contributed by atoms with E-state index in [2.05, 4.69) is 41.8 Å². The molecule has 0 radical (unpaired) electrons. The Hall–Kier alpha value is -2.07. The van der Waals surface area contributed by atoms with E-state index in [-0.39, 0.29) is 6.04 Å². The lowest BCUT2D eigenvalue weighted by Gasteiger charge is -2.28. The van der Waals surface area contributed by atoms with Crippen molar-refractivity contribution in [3.05, 3.63) is 59.2 Å². The second kappa shape index (κ2) is 7.01. The molecule has 120 valence electrons. The van der Waals surface area contributed by atoms with Crippen LogP contribution in [0.25, 0.3) is 0 Å². The summed E-state index contributed by atoms with van der Waals surface area (Å²) in [6.07, 6.45) is 3.35. The normalized spacial score (nSPS) is 16.3. The zero-order chi connectivity index (χ0) is 16.2. The number of fused-ring (bicyclic) bond motifs is 1. The summed E-state index contributed by atoms with van der Waals surface area (Å²) in [7, 11) is 1.71. The third-order valence-electron chi connectivity index (χ3n) is 4.28. The largest absolute Gasteiger partial charge is 0.497 e. The lowest BCUT2D eigenvalue weighted by molar-refractivity contribution is 0.412. The van der Waals surface area contributed by atoms with Crippen molar-refractivity contribution in [1.82, 2.24) is 5.32 Å². The molecule has 3 nitrogen and oxygen atoms in total. The molecule has 2 aromatic carbocycles. The molecule has 1 atom stereocenters. The molecule has 1 unspecified atom stereocenters. The van der Waals surface area contributed by atoms with Crippen molar-refractivity contribution < 1.29 is 4.74 Å². The van der Waals surface area contributed by atoms with Crippen molar-refractivity contribution in [1.29, 1.82) is 0 Å². The first-order valence-electron chi connectivity index (χ1n) is 7.97. The summed E-state index contributed by atoms with van der Waals surface area (Å²) in [5, 5.41) is 7.39. The van der Waals surface area contributed by atoms with Gasteiger partial charge in [0.05, 0.1) is 13.2 Å². The maximum atomic E-state index is 5.48. The van der Waals surface area contributed by atoms with Gasteiger partial charge in [-0.3, -0.25) is 0 Å². The van der Waals surface area contributed by atoms with Gasteiger partial charge in [0.1, 0.15) is 5.75 Å². The molecule has 23 heavy (non-hydrogen) atoms. The minimum Gasteiger partial charge on any atom is -0.497 e. The lowest BCUT2D eigenvalue weighted by atomic mass is 9.87. The number of benzene rings is 2. The minimum absolute atomic E-state index is 0.259. The number of ether oxygens (including phenoxy) is 1. The molecule has 1 aliphatic rings. The fourth-order valence-corrected chi connectivity index (χ4v) is 3.29. The smallest absolute Gasteiger partial charge is 0.171 e. The molecule has 1 aliphatic carbocycles. The number of anilines is 1. The summed E-state index contributed by atoms with van der Waals surface area (Å²) in [5.74, 6) is 0.921. The number of aryl methyl sites for hydroxylation is 2. The van der Waals surface area contributed by atoms with E-state index in [0.29, 0.717) is 5.11 Å². The standard InChI is InChI=1S/C19H22N2OS/c1-13-6-8-15(9-7-13)20-19(23)21-18-5-3-4-14-12-16(22-2)10-11-17(14)18/h6-12,18H,3-5H2,1-2H3,(H2,20,21,23). The van der Waals surface area contributed by atoms with Gasteiger partial charge in [-0.15, -0.1) is 0 Å². The van der Waals surface area contributed by atoms with E-state index >= 15 is 0 Å². The van der Waals surface area contributed by atoms with Crippen molar-refractivity contribution in [2.45, 2.75) is 32.2 Å². The quantitative estimate of drug-likeness (QED) is 0.821. The third kappa shape index (κ3) is 3.82. The van der Waals surface area contributed by atoms with E-state index in [0.717, 1.165) is 30.7 Å². The predicted octanol–water partition coefficient (Wildman–Crippen LogP) is 4.37. The Morgan fingerprint density at radius 2 is 1.96 bits per heavy atom. The Morgan fingerprint density at radius 3 is 2.70 bits per heavy atom. The van der Waals surface area contributed by atoms with Crippen molar-refractivity contribution >= 4 is 23.0 Å². The molecule has 0 heterocycles. The molecule has 3 rings (SSSR count). The van der Waals surface area contributed by atoms with Gasteiger partial charge in [0.25, 0.3) is 0 Å². The van der Waals surface area contributed by atoms with Crippen LogP contribution in [-0.4, -0.2) is 12.2 Å². The summed E-state index contributed by atoms with van der Waals surface area (Å²) < 4.78 is 5.33. The van der Waals surface area contributed by atoms with Gasteiger partial charge < -0.3 is 15.4 Å². The first kappa shape index (κ1) is 15.8. The van der Waals surface area contributed by atoms with Crippen LogP contribution >= 0.6 is 12.2 Å². The monoisotopic (exact) mass is 326 g/mol. The average molecular weight is 326 g/mol. The summed E-state index contributed by atoms with van der Waals surface area (Å²) in [6.45, 7) is 2.08. The van der Waals surface area contributed by atoms with Crippen LogP contribution in [0.3, 0.4) is 0 Å². The van der Waals surface area contributed by atoms with E-state index in [1.54, 1.807) is 7.11 Å². The highest BCUT2D eigenvalue weighted by molar-refractivity contribution is 7.80. The molecule has 4 heteroatoms. The van der Waals surface area contributed by atoms with Crippen LogP contribution in [0.15, 0.2) is 42.5 Å². The molecule has 0 saturated heterocycles. The Bertz CT molecular complexity index is 697. The Morgan fingerprint density at radius 1 is 1.17 bits per heavy atom. The van der Waals surface area contributed by atoms with E-state index in [4.69, 9.17) is 17.0 Å². The van der Waals surface area contributed by atoms with Crippen LogP contribution in [0.5, 0.6) is 5.75 Å². The number of nitrogens with one attached hydrogen (secondary N) is 2. The van der Waals surface area contributed by atoms with Crippen LogP contribution < -0.4 is 15.4 Å². The zero-order valence-electron chi connectivity index (χ0n) is 13.6. The van der Waals surface area contributed by atoms with Gasteiger partial charge >= 0.3 is 0 Å². The maximum Gasteiger partial charge on any atom is 0.171 e. The molecule has 0 aromatic heterocycles. The van der Waals surface area contributed by atoms with Crippen molar-refractivity contribution in [2.24, 2.45) is 0 Å². The molecule has 0 amide bonds. The number of hydrogen-bond acceptors (Lipinski definition) is 2. The van der Waals surface area contributed by atoms with Crippen LogP contribution in [0, 0.1) is 6.92 Å². The molecule has 2 aromatic rings. The highest BCUT2D eigenvalue weighted by Crippen LogP contribution is 2.32. The summed E-state index contributed by atoms with van der Waals surface area (Å²) in [5.41, 5.74) is 4.93. The van der Waals surface area contributed by atoms with Gasteiger partial charge in [-0.2, -0.15) is 0 Å². The summed E-state index contributed by atoms with van der Waals surface area (Å²) in [4.78, 5) is 0.